The average molecular weight is 330 g/mol. The predicted octanol–water partition coefficient (Wildman–Crippen LogP) is 3.71. The van der Waals surface area contributed by atoms with Crippen LogP contribution in [0, 0.1) is 56.7 Å². The second-order valence-electron chi connectivity index (χ2n) is 6.50. The molecule has 5 nitrogen and oxygen atoms in total. The van der Waals surface area contributed by atoms with E-state index in [0.717, 1.165) is 30.4 Å². The number of hydrogen-bond acceptors (Lipinski definition) is 5. The molecule has 1 aromatic carbocycles. The maximum atomic E-state index is 9.88. The van der Waals surface area contributed by atoms with Gasteiger partial charge < -0.3 is 10.1 Å². The molecule has 0 bridgehead atoms. The number of nitrogens with one attached hydrogen (secondary N) is 1. The standard InChI is InChI=1S/C20H18N4O/c1-25-14-8-6-13(7-9-14)18-16-5-3-2-4-15(16)17(10-21)19(24)20(18,11-22)12-23/h4,6-9,16-18,24H,2-3,5H2,1H3/t16-,17+,18-/m1/s1. The fraction of sp³-hybridized carbons (Fsp3) is 0.400. The molecule has 0 radical (unpaired) electrons. The van der Waals surface area contributed by atoms with Crippen molar-refractivity contribution in [1.29, 1.82) is 21.2 Å². The average Bonchev–Trinajstić information content (AvgIpc) is 2.67. The van der Waals surface area contributed by atoms with E-state index >= 15 is 0 Å². The van der Waals surface area contributed by atoms with Gasteiger partial charge in [-0.25, -0.2) is 0 Å². The zero-order valence-electron chi connectivity index (χ0n) is 14.0. The number of fused-ring (bicyclic) bond motifs is 1. The predicted molar refractivity (Wildman–Crippen MR) is 91.6 cm³/mol. The Morgan fingerprint density at radius 2 is 1.84 bits per heavy atom. The van der Waals surface area contributed by atoms with E-state index in [-0.39, 0.29) is 11.6 Å². The summed E-state index contributed by atoms with van der Waals surface area (Å²) in [5.41, 5.74) is 0.0303. The molecule has 1 fully saturated rings. The molecule has 0 saturated heterocycles. The number of allylic oxidation sites excluding steroid dienone is 2. The Hall–Kier alpha value is -3.10. The fourth-order valence-corrected chi connectivity index (χ4v) is 4.20. The maximum Gasteiger partial charge on any atom is 0.189 e. The van der Waals surface area contributed by atoms with Crippen molar-refractivity contribution in [3.63, 3.8) is 0 Å². The first-order valence-electron chi connectivity index (χ1n) is 8.28. The van der Waals surface area contributed by atoms with Gasteiger partial charge in [-0.1, -0.05) is 18.2 Å². The molecule has 1 N–H and O–H groups in total. The van der Waals surface area contributed by atoms with Crippen LogP contribution >= 0.6 is 0 Å². The molecule has 5 heteroatoms. The summed E-state index contributed by atoms with van der Waals surface area (Å²) in [5, 5.41) is 37.8. The summed E-state index contributed by atoms with van der Waals surface area (Å²) in [6.45, 7) is 0. The van der Waals surface area contributed by atoms with Crippen LogP contribution in [-0.4, -0.2) is 12.8 Å². The summed E-state index contributed by atoms with van der Waals surface area (Å²) in [5.74, 6) is -0.597. The van der Waals surface area contributed by atoms with Crippen molar-refractivity contribution >= 4 is 5.71 Å². The van der Waals surface area contributed by atoms with Gasteiger partial charge in [0.05, 0.1) is 31.0 Å². The number of ether oxygens (including phenoxy) is 1. The van der Waals surface area contributed by atoms with Crippen molar-refractivity contribution in [3.8, 4) is 24.0 Å². The minimum Gasteiger partial charge on any atom is -0.497 e. The van der Waals surface area contributed by atoms with E-state index < -0.39 is 17.3 Å². The second-order valence-corrected chi connectivity index (χ2v) is 6.50. The topological polar surface area (TPSA) is 104 Å². The third-order valence-corrected chi connectivity index (χ3v) is 5.40. The SMILES string of the molecule is COc1ccc([C@@H]2[C@@H]3CCCC=C3[C@H](C#N)C(=N)C2(C#N)C#N)cc1. The molecule has 0 aromatic heterocycles. The molecule has 0 heterocycles. The van der Waals surface area contributed by atoms with Gasteiger partial charge in [0.2, 0.25) is 0 Å². The lowest BCUT2D eigenvalue weighted by atomic mass is 9.53. The third-order valence-electron chi connectivity index (χ3n) is 5.40. The van der Waals surface area contributed by atoms with Gasteiger partial charge in [-0.05, 0) is 48.4 Å². The first-order valence-corrected chi connectivity index (χ1v) is 8.28. The number of benzene rings is 1. The van der Waals surface area contributed by atoms with E-state index in [4.69, 9.17) is 10.1 Å². The third kappa shape index (κ3) is 2.39. The summed E-state index contributed by atoms with van der Waals surface area (Å²) in [6.07, 6.45) is 4.68. The first-order chi connectivity index (χ1) is 12.1. The molecule has 3 atom stereocenters. The molecule has 3 rings (SSSR count). The van der Waals surface area contributed by atoms with Crippen LogP contribution < -0.4 is 4.74 Å². The van der Waals surface area contributed by atoms with Crippen molar-refractivity contribution in [2.75, 3.05) is 7.11 Å². The number of methoxy groups -OCH3 is 1. The monoisotopic (exact) mass is 330 g/mol. The minimum atomic E-state index is -1.62. The largest absolute Gasteiger partial charge is 0.497 e. The number of nitrogens with zero attached hydrogens (tertiary/aromatic N) is 3. The van der Waals surface area contributed by atoms with Gasteiger partial charge in [-0.3, -0.25) is 0 Å². The van der Waals surface area contributed by atoms with Crippen LogP contribution in [0.15, 0.2) is 35.9 Å². The van der Waals surface area contributed by atoms with Gasteiger partial charge >= 0.3 is 0 Å². The van der Waals surface area contributed by atoms with Crippen LogP contribution in [0.1, 0.15) is 30.7 Å². The molecular weight excluding hydrogens is 312 g/mol. The van der Waals surface area contributed by atoms with Gasteiger partial charge in [0.1, 0.15) is 11.7 Å². The summed E-state index contributed by atoms with van der Waals surface area (Å²) in [4.78, 5) is 0. The molecule has 1 saturated carbocycles. The van der Waals surface area contributed by atoms with Crippen LogP contribution in [-0.2, 0) is 0 Å². The summed E-state index contributed by atoms with van der Waals surface area (Å²) < 4.78 is 5.20. The van der Waals surface area contributed by atoms with Crippen molar-refractivity contribution in [3.05, 3.63) is 41.5 Å². The van der Waals surface area contributed by atoms with E-state index in [1.54, 1.807) is 19.2 Å². The molecule has 124 valence electrons. The molecular formula is C20H18N4O. The molecule has 1 aromatic rings. The normalized spacial score (nSPS) is 27.0. The Labute approximate surface area is 147 Å². The molecule has 0 spiro atoms. The lowest BCUT2D eigenvalue weighted by Crippen LogP contribution is -2.48. The van der Waals surface area contributed by atoms with E-state index in [0.29, 0.717) is 5.75 Å². The first kappa shape index (κ1) is 16.7. The van der Waals surface area contributed by atoms with Gasteiger partial charge in [0.25, 0.3) is 0 Å². The van der Waals surface area contributed by atoms with Crippen molar-refractivity contribution in [1.82, 2.24) is 0 Å². The fourth-order valence-electron chi connectivity index (χ4n) is 4.20. The van der Waals surface area contributed by atoms with Gasteiger partial charge in [-0.2, -0.15) is 15.8 Å². The molecule has 0 aliphatic heterocycles. The summed E-state index contributed by atoms with van der Waals surface area (Å²) in [6, 6.07) is 13.7. The van der Waals surface area contributed by atoms with Crippen LogP contribution in [0.4, 0.5) is 0 Å². The minimum absolute atomic E-state index is 0.0693. The molecule has 25 heavy (non-hydrogen) atoms. The van der Waals surface area contributed by atoms with Gasteiger partial charge in [0.15, 0.2) is 5.41 Å². The summed E-state index contributed by atoms with van der Waals surface area (Å²) in [7, 11) is 1.58. The highest BCUT2D eigenvalue weighted by atomic mass is 16.5. The molecule has 0 unspecified atom stereocenters. The molecule has 2 aliphatic rings. The highest BCUT2D eigenvalue weighted by molar-refractivity contribution is 6.00. The second kappa shape index (κ2) is 6.42. The van der Waals surface area contributed by atoms with E-state index in [1.165, 1.54) is 0 Å². The smallest absolute Gasteiger partial charge is 0.189 e. The Balaban J connectivity index is 2.21. The van der Waals surface area contributed by atoms with Crippen LogP contribution in [0.2, 0.25) is 0 Å². The van der Waals surface area contributed by atoms with E-state index in [2.05, 4.69) is 18.2 Å². The van der Waals surface area contributed by atoms with E-state index in [9.17, 15) is 15.8 Å². The van der Waals surface area contributed by atoms with Gasteiger partial charge in [0, 0.05) is 5.92 Å². The number of hydrogen-bond donors (Lipinski definition) is 1. The Bertz CT molecular complexity index is 834. The van der Waals surface area contributed by atoms with Crippen molar-refractivity contribution in [2.24, 2.45) is 17.3 Å². The Morgan fingerprint density at radius 1 is 1.16 bits per heavy atom. The molecule has 2 aliphatic carbocycles. The lowest BCUT2D eigenvalue weighted by Gasteiger charge is -2.45. The number of nitriles is 3. The van der Waals surface area contributed by atoms with Crippen molar-refractivity contribution in [2.45, 2.75) is 25.2 Å². The van der Waals surface area contributed by atoms with E-state index in [1.807, 2.05) is 18.2 Å². The zero-order chi connectivity index (χ0) is 18.0. The van der Waals surface area contributed by atoms with Crippen molar-refractivity contribution < 1.29 is 4.74 Å². The van der Waals surface area contributed by atoms with Crippen LogP contribution in [0.5, 0.6) is 5.75 Å². The highest BCUT2D eigenvalue weighted by Gasteiger charge is 2.57. The Kier molecular flexibility index (Phi) is 4.30. The summed E-state index contributed by atoms with van der Waals surface area (Å²) >= 11 is 0. The lowest BCUT2D eigenvalue weighted by molar-refractivity contribution is 0.320. The maximum absolute atomic E-state index is 9.88. The highest BCUT2D eigenvalue weighted by Crippen LogP contribution is 2.55. The quantitative estimate of drug-likeness (QED) is 0.834. The van der Waals surface area contributed by atoms with Crippen LogP contribution in [0.25, 0.3) is 0 Å². The Morgan fingerprint density at radius 3 is 2.40 bits per heavy atom. The number of rotatable bonds is 2. The molecule has 0 amide bonds. The van der Waals surface area contributed by atoms with Crippen LogP contribution in [0.3, 0.4) is 0 Å². The van der Waals surface area contributed by atoms with Gasteiger partial charge in [-0.15, -0.1) is 0 Å². The zero-order valence-corrected chi connectivity index (χ0v) is 14.0.